The maximum atomic E-state index is 5.74. The molecule has 5 heteroatoms. The second-order valence-electron chi connectivity index (χ2n) is 4.43. The van der Waals surface area contributed by atoms with E-state index in [0.717, 1.165) is 11.4 Å². The summed E-state index contributed by atoms with van der Waals surface area (Å²) < 4.78 is 5.74. The van der Waals surface area contributed by atoms with Gasteiger partial charge in [0.05, 0.1) is 10.9 Å². The Morgan fingerprint density at radius 1 is 1.44 bits per heavy atom. The summed E-state index contributed by atoms with van der Waals surface area (Å²) in [5.74, 6) is 1.31. The highest BCUT2D eigenvalue weighted by molar-refractivity contribution is 7.13. The zero-order valence-electron chi connectivity index (χ0n) is 11.1. The molecule has 98 valence electrons. The van der Waals surface area contributed by atoms with Gasteiger partial charge in [-0.3, -0.25) is 4.90 Å². The highest BCUT2D eigenvalue weighted by atomic mass is 32.1. The number of thiophene rings is 1. The minimum atomic E-state index is 0.165. The van der Waals surface area contributed by atoms with Crippen LogP contribution in [0.5, 0.6) is 0 Å². The molecule has 0 N–H and O–H groups in total. The molecule has 0 saturated carbocycles. The maximum Gasteiger partial charge on any atom is 0.257 e. The SMILES string of the molecule is CCCCN(C)C(C)c1nnc(-c2cccs2)o1. The highest BCUT2D eigenvalue weighted by Gasteiger charge is 2.18. The average molecular weight is 265 g/mol. The van der Waals surface area contributed by atoms with E-state index in [9.17, 15) is 0 Å². The van der Waals surface area contributed by atoms with E-state index in [-0.39, 0.29) is 6.04 Å². The topological polar surface area (TPSA) is 42.2 Å². The molecule has 1 atom stereocenters. The van der Waals surface area contributed by atoms with Crippen LogP contribution in [0.25, 0.3) is 10.8 Å². The minimum Gasteiger partial charge on any atom is -0.418 e. The van der Waals surface area contributed by atoms with Crippen molar-refractivity contribution in [2.24, 2.45) is 0 Å². The summed E-state index contributed by atoms with van der Waals surface area (Å²) in [6.07, 6.45) is 2.38. The van der Waals surface area contributed by atoms with Crippen LogP contribution < -0.4 is 0 Å². The average Bonchev–Trinajstić information content (AvgIpc) is 3.04. The Morgan fingerprint density at radius 3 is 2.94 bits per heavy atom. The number of hydrogen-bond donors (Lipinski definition) is 0. The molecular weight excluding hydrogens is 246 g/mol. The molecule has 0 saturated heterocycles. The summed E-state index contributed by atoms with van der Waals surface area (Å²) in [5.41, 5.74) is 0. The van der Waals surface area contributed by atoms with Gasteiger partial charge in [-0.2, -0.15) is 0 Å². The van der Waals surface area contributed by atoms with Crippen LogP contribution >= 0.6 is 11.3 Å². The first-order chi connectivity index (χ1) is 8.72. The molecule has 0 radical (unpaired) electrons. The molecule has 0 amide bonds. The smallest absolute Gasteiger partial charge is 0.257 e. The third-order valence-electron chi connectivity index (χ3n) is 3.06. The fraction of sp³-hybridized carbons (Fsp3) is 0.538. The Hall–Kier alpha value is -1.20. The van der Waals surface area contributed by atoms with Crippen molar-refractivity contribution in [1.82, 2.24) is 15.1 Å². The van der Waals surface area contributed by atoms with Crippen molar-refractivity contribution in [2.45, 2.75) is 32.7 Å². The third-order valence-corrected chi connectivity index (χ3v) is 3.91. The van der Waals surface area contributed by atoms with Crippen molar-refractivity contribution in [3.63, 3.8) is 0 Å². The molecule has 0 aliphatic carbocycles. The van der Waals surface area contributed by atoms with Gasteiger partial charge in [0.1, 0.15) is 0 Å². The van der Waals surface area contributed by atoms with Gasteiger partial charge in [-0.1, -0.05) is 19.4 Å². The van der Waals surface area contributed by atoms with E-state index < -0.39 is 0 Å². The van der Waals surface area contributed by atoms with Crippen molar-refractivity contribution in [1.29, 1.82) is 0 Å². The standard InChI is InChI=1S/C13H19N3OS/c1-4-5-8-16(3)10(2)12-14-15-13(17-12)11-7-6-9-18-11/h6-7,9-10H,4-5,8H2,1-3H3. The molecule has 0 fully saturated rings. The van der Waals surface area contributed by atoms with Gasteiger partial charge in [-0.25, -0.2) is 0 Å². The van der Waals surface area contributed by atoms with Crippen molar-refractivity contribution in [2.75, 3.05) is 13.6 Å². The first kappa shape index (κ1) is 13.2. The van der Waals surface area contributed by atoms with Crippen LogP contribution in [-0.4, -0.2) is 28.7 Å². The lowest BCUT2D eigenvalue weighted by molar-refractivity contribution is 0.223. The Bertz CT molecular complexity index is 466. The zero-order chi connectivity index (χ0) is 13.0. The van der Waals surface area contributed by atoms with Crippen molar-refractivity contribution in [3.05, 3.63) is 23.4 Å². The lowest BCUT2D eigenvalue weighted by Crippen LogP contribution is -2.23. The molecule has 0 aliphatic rings. The minimum absolute atomic E-state index is 0.165. The Morgan fingerprint density at radius 2 is 2.28 bits per heavy atom. The van der Waals surface area contributed by atoms with Gasteiger partial charge in [0.2, 0.25) is 5.89 Å². The Labute approximate surface area is 112 Å². The van der Waals surface area contributed by atoms with Crippen LogP contribution in [0, 0.1) is 0 Å². The first-order valence-electron chi connectivity index (χ1n) is 6.30. The molecule has 2 aromatic rings. The predicted molar refractivity (Wildman–Crippen MR) is 73.6 cm³/mol. The van der Waals surface area contributed by atoms with Crippen LogP contribution in [0.3, 0.4) is 0 Å². The second-order valence-corrected chi connectivity index (χ2v) is 5.38. The summed E-state index contributed by atoms with van der Waals surface area (Å²) >= 11 is 1.61. The van der Waals surface area contributed by atoms with E-state index in [1.54, 1.807) is 11.3 Å². The summed E-state index contributed by atoms with van der Waals surface area (Å²) in [5, 5.41) is 10.3. The predicted octanol–water partition coefficient (Wildman–Crippen LogP) is 3.59. The maximum absolute atomic E-state index is 5.74. The molecule has 2 aromatic heterocycles. The summed E-state index contributed by atoms with van der Waals surface area (Å²) in [7, 11) is 2.09. The molecule has 0 aliphatic heterocycles. The van der Waals surface area contributed by atoms with Crippen molar-refractivity contribution >= 4 is 11.3 Å². The summed E-state index contributed by atoms with van der Waals surface area (Å²) in [6.45, 7) is 5.34. The van der Waals surface area contributed by atoms with Crippen molar-refractivity contribution in [3.8, 4) is 10.8 Å². The van der Waals surface area contributed by atoms with Gasteiger partial charge in [0.15, 0.2) is 0 Å². The van der Waals surface area contributed by atoms with Crippen LogP contribution in [0.15, 0.2) is 21.9 Å². The fourth-order valence-corrected chi connectivity index (χ4v) is 2.34. The van der Waals surface area contributed by atoms with Gasteiger partial charge in [-0.15, -0.1) is 21.5 Å². The van der Waals surface area contributed by atoms with Gasteiger partial charge in [-0.05, 0) is 38.4 Å². The quantitative estimate of drug-likeness (QED) is 0.800. The third kappa shape index (κ3) is 2.97. The molecule has 2 rings (SSSR count). The fourth-order valence-electron chi connectivity index (χ4n) is 1.69. The van der Waals surface area contributed by atoms with Gasteiger partial charge in [0.25, 0.3) is 5.89 Å². The number of nitrogens with zero attached hydrogens (tertiary/aromatic N) is 3. The molecule has 0 spiro atoms. The number of unbranched alkanes of at least 4 members (excludes halogenated alkanes) is 1. The first-order valence-corrected chi connectivity index (χ1v) is 7.18. The summed E-state index contributed by atoms with van der Waals surface area (Å²) in [6, 6.07) is 4.14. The van der Waals surface area contributed by atoms with Gasteiger partial charge < -0.3 is 4.42 Å². The monoisotopic (exact) mass is 265 g/mol. The highest BCUT2D eigenvalue weighted by Crippen LogP contribution is 2.26. The molecule has 0 aromatic carbocycles. The van der Waals surface area contributed by atoms with Crippen LogP contribution in [0.1, 0.15) is 38.6 Å². The molecule has 2 heterocycles. The number of hydrogen-bond acceptors (Lipinski definition) is 5. The lowest BCUT2D eigenvalue weighted by Gasteiger charge is -2.21. The van der Waals surface area contributed by atoms with Crippen LogP contribution in [0.4, 0.5) is 0 Å². The van der Waals surface area contributed by atoms with Gasteiger partial charge in [0, 0.05) is 0 Å². The Balaban J connectivity index is 2.05. The molecule has 1 unspecified atom stereocenters. The Kier molecular flexibility index (Phi) is 4.49. The lowest BCUT2D eigenvalue weighted by atomic mass is 10.2. The second kappa shape index (κ2) is 6.11. The van der Waals surface area contributed by atoms with E-state index in [0.29, 0.717) is 11.8 Å². The molecular formula is C13H19N3OS. The molecule has 0 bridgehead atoms. The van der Waals surface area contributed by atoms with E-state index in [1.165, 1.54) is 12.8 Å². The van der Waals surface area contributed by atoms with Crippen molar-refractivity contribution < 1.29 is 4.42 Å². The van der Waals surface area contributed by atoms with Crippen LogP contribution in [0.2, 0.25) is 0 Å². The van der Waals surface area contributed by atoms with E-state index >= 15 is 0 Å². The van der Waals surface area contributed by atoms with Crippen LogP contribution in [-0.2, 0) is 0 Å². The zero-order valence-corrected chi connectivity index (χ0v) is 11.9. The summed E-state index contributed by atoms with van der Waals surface area (Å²) in [4.78, 5) is 3.27. The number of rotatable bonds is 6. The van der Waals surface area contributed by atoms with E-state index in [4.69, 9.17) is 4.42 Å². The van der Waals surface area contributed by atoms with Gasteiger partial charge >= 0.3 is 0 Å². The number of aromatic nitrogens is 2. The van der Waals surface area contributed by atoms with E-state index in [2.05, 4.69) is 36.0 Å². The molecule has 4 nitrogen and oxygen atoms in total. The van der Waals surface area contributed by atoms with E-state index in [1.807, 2.05) is 17.5 Å². The normalized spacial score (nSPS) is 13.1. The largest absolute Gasteiger partial charge is 0.418 e. The molecule has 18 heavy (non-hydrogen) atoms.